The summed E-state index contributed by atoms with van der Waals surface area (Å²) in [6.45, 7) is 0.849. The van der Waals surface area contributed by atoms with Crippen LogP contribution in [0.5, 0.6) is 5.75 Å². The molecule has 0 aliphatic carbocycles. The van der Waals surface area contributed by atoms with Crippen molar-refractivity contribution in [2.45, 2.75) is 25.3 Å². The molecule has 36 heavy (non-hydrogen) atoms. The zero-order valence-corrected chi connectivity index (χ0v) is 20.7. The van der Waals surface area contributed by atoms with Gasteiger partial charge in [-0.1, -0.05) is 41.9 Å². The van der Waals surface area contributed by atoms with Crippen molar-refractivity contribution in [1.82, 2.24) is 9.80 Å². The van der Waals surface area contributed by atoms with Crippen molar-refractivity contribution in [3.63, 3.8) is 0 Å². The monoisotopic (exact) mass is 512 g/mol. The quantitative estimate of drug-likeness (QED) is 0.458. The van der Waals surface area contributed by atoms with Crippen molar-refractivity contribution in [3.8, 4) is 5.75 Å². The largest absolute Gasteiger partial charge is 0.491 e. The highest BCUT2D eigenvalue weighted by Gasteiger charge is 2.29. The van der Waals surface area contributed by atoms with Gasteiger partial charge in [0, 0.05) is 31.2 Å². The Balaban J connectivity index is 1.72. The Kier molecular flexibility index (Phi) is 8.21. The molecule has 1 atom stereocenters. The topological polar surface area (TPSA) is 49.9 Å². The summed E-state index contributed by atoms with van der Waals surface area (Å²) in [7, 11) is 1.70. The fourth-order valence-corrected chi connectivity index (χ4v) is 4.50. The highest BCUT2D eigenvalue weighted by atomic mass is 35.5. The molecule has 2 amide bonds. The first-order valence-electron chi connectivity index (χ1n) is 11.8. The number of halogens is 3. The molecule has 3 aromatic rings. The van der Waals surface area contributed by atoms with E-state index in [4.69, 9.17) is 16.3 Å². The number of benzene rings is 3. The molecule has 0 aromatic heterocycles. The van der Waals surface area contributed by atoms with E-state index in [0.717, 1.165) is 11.6 Å². The zero-order chi connectivity index (χ0) is 25.7. The Morgan fingerprint density at radius 2 is 1.78 bits per heavy atom. The molecule has 0 bridgehead atoms. The van der Waals surface area contributed by atoms with Crippen LogP contribution in [0.4, 0.5) is 8.78 Å². The highest BCUT2D eigenvalue weighted by Crippen LogP contribution is 2.26. The number of hydrogen-bond acceptors (Lipinski definition) is 3. The van der Waals surface area contributed by atoms with Crippen molar-refractivity contribution in [3.05, 3.63) is 100 Å². The molecule has 3 aromatic carbocycles. The van der Waals surface area contributed by atoms with E-state index >= 15 is 0 Å². The van der Waals surface area contributed by atoms with E-state index in [1.165, 1.54) is 6.07 Å². The molecule has 1 aliphatic heterocycles. The second-order valence-electron chi connectivity index (χ2n) is 8.85. The second kappa shape index (κ2) is 11.5. The molecule has 0 unspecified atom stereocenters. The van der Waals surface area contributed by atoms with Crippen molar-refractivity contribution in [2.24, 2.45) is 0 Å². The molecule has 188 valence electrons. The summed E-state index contributed by atoms with van der Waals surface area (Å²) in [5.41, 5.74) is 1.12. The zero-order valence-electron chi connectivity index (χ0n) is 19.9. The summed E-state index contributed by atoms with van der Waals surface area (Å²) < 4.78 is 34.3. The maximum absolute atomic E-state index is 14.6. The molecule has 0 saturated heterocycles. The van der Waals surface area contributed by atoms with Crippen LogP contribution in [-0.2, 0) is 6.42 Å². The Bertz CT molecular complexity index is 1240. The van der Waals surface area contributed by atoms with Gasteiger partial charge in [-0.25, -0.2) is 8.78 Å². The summed E-state index contributed by atoms with van der Waals surface area (Å²) in [5.74, 6) is -2.03. The third-order valence-corrected chi connectivity index (χ3v) is 6.50. The van der Waals surface area contributed by atoms with Crippen LogP contribution >= 0.6 is 11.6 Å². The number of carbonyl (C=O) groups excluding carboxylic acids is 2. The summed E-state index contributed by atoms with van der Waals surface area (Å²) in [6, 6.07) is 17.0. The van der Waals surface area contributed by atoms with Crippen LogP contribution in [0.1, 0.15) is 39.1 Å². The molecule has 8 heteroatoms. The predicted octanol–water partition coefficient (Wildman–Crippen LogP) is 5.62. The Morgan fingerprint density at radius 3 is 2.53 bits per heavy atom. The molecule has 0 N–H and O–H groups in total. The summed E-state index contributed by atoms with van der Waals surface area (Å²) in [6.07, 6.45) is 1.67. The van der Waals surface area contributed by atoms with E-state index < -0.39 is 23.6 Å². The fraction of sp³-hybridized carbons (Fsp3) is 0.286. The standard InChI is InChI=1S/C28H27ClF2N2O3/c1-32-13-5-6-14-33(28(35)23-11-10-21(30)17-25(23)31)22(15-19-7-3-2-4-8-19)18-36-26-12-9-20(29)16-24(26)27(32)34/h2-4,7-12,16-17,22H,5-6,13-15,18H2,1H3/t22-/m1/s1. The molecule has 4 rings (SSSR count). The molecule has 0 fully saturated rings. The lowest BCUT2D eigenvalue weighted by molar-refractivity contribution is 0.0586. The first-order chi connectivity index (χ1) is 17.3. The number of amides is 2. The summed E-state index contributed by atoms with van der Waals surface area (Å²) in [5, 5.41) is 0.413. The van der Waals surface area contributed by atoms with Crippen LogP contribution in [0.3, 0.4) is 0 Å². The molecule has 0 radical (unpaired) electrons. The van der Waals surface area contributed by atoms with Gasteiger partial charge in [0.05, 0.1) is 17.2 Å². The second-order valence-corrected chi connectivity index (χ2v) is 9.29. The molecular weight excluding hydrogens is 486 g/mol. The normalized spacial score (nSPS) is 17.0. The van der Waals surface area contributed by atoms with Crippen LogP contribution in [0.2, 0.25) is 5.02 Å². The number of carbonyl (C=O) groups is 2. The van der Waals surface area contributed by atoms with Crippen LogP contribution in [0, 0.1) is 11.6 Å². The molecular formula is C28H27ClF2N2O3. The van der Waals surface area contributed by atoms with Crippen LogP contribution in [-0.4, -0.2) is 54.4 Å². The summed E-state index contributed by atoms with van der Waals surface area (Å²) >= 11 is 6.17. The van der Waals surface area contributed by atoms with E-state index in [2.05, 4.69) is 0 Å². The van der Waals surface area contributed by atoms with Gasteiger partial charge in [0.1, 0.15) is 24.0 Å². The lowest BCUT2D eigenvalue weighted by atomic mass is 10.0. The smallest absolute Gasteiger partial charge is 0.257 e. The third kappa shape index (κ3) is 6.02. The molecule has 0 saturated carbocycles. The predicted molar refractivity (Wildman–Crippen MR) is 134 cm³/mol. The minimum Gasteiger partial charge on any atom is -0.491 e. The van der Waals surface area contributed by atoms with Gasteiger partial charge in [0.15, 0.2) is 0 Å². The number of rotatable bonds is 3. The maximum atomic E-state index is 14.6. The lowest BCUT2D eigenvalue weighted by Crippen LogP contribution is -2.46. The van der Waals surface area contributed by atoms with Gasteiger partial charge in [-0.3, -0.25) is 9.59 Å². The average Bonchev–Trinajstić information content (AvgIpc) is 2.86. The van der Waals surface area contributed by atoms with Gasteiger partial charge >= 0.3 is 0 Å². The van der Waals surface area contributed by atoms with Gasteiger partial charge in [-0.05, 0) is 55.2 Å². The lowest BCUT2D eigenvalue weighted by Gasteiger charge is -2.33. The van der Waals surface area contributed by atoms with Crippen LogP contribution in [0.15, 0.2) is 66.7 Å². The minimum atomic E-state index is -0.907. The van der Waals surface area contributed by atoms with E-state index in [1.54, 1.807) is 35.0 Å². The van der Waals surface area contributed by atoms with E-state index in [9.17, 15) is 18.4 Å². The van der Waals surface area contributed by atoms with Crippen molar-refractivity contribution in [2.75, 3.05) is 26.7 Å². The number of hydrogen-bond donors (Lipinski definition) is 0. The summed E-state index contributed by atoms with van der Waals surface area (Å²) in [4.78, 5) is 29.8. The first-order valence-corrected chi connectivity index (χ1v) is 12.2. The Labute approximate surface area is 214 Å². The highest BCUT2D eigenvalue weighted by molar-refractivity contribution is 6.31. The number of fused-ring (bicyclic) bond motifs is 1. The van der Waals surface area contributed by atoms with E-state index in [1.807, 2.05) is 30.3 Å². The van der Waals surface area contributed by atoms with Gasteiger partial charge in [0.25, 0.3) is 11.8 Å². The van der Waals surface area contributed by atoms with Crippen LogP contribution in [0.25, 0.3) is 0 Å². The fourth-order valence-electron chi connectivity index (χ4n) is 4.33. The average molecular weight is 513 g/mol. The third-order valence-electron chi connectivity index (χ3n) is 6.27. The Hall–Kier alpha value is -3.45. The number of ether oxygens (including phenoxy) is 1. The van der Waals surface area contributed by atoms with Crippen LogP contribution < -0.4 is 4.74 Å². The van der Waals surface area contributed by atoms with Gasteiger partial charge in [0.2, 0.25) is 0 Å². The minimum absolute atomic E-state index is 0.0646. The SMILES string of the molecule is CN1CCCCN(C(=O)c2ccc(F)cc2F)[C@H](Cc2ccccc2)COc2ccc(Cl)cc2C1=O. The van der Waals surface area contributed by atoms with E-state index in [-0.39, 0.29) is 18.1 Å². The molecule has 1 aliphatic rings. The molecule has 1 heterocycles. The van der Waals surface area contributed by atoms with Crippen molar-refractivity contribution >= 4 is 23.4 Å². The molecule has 0 spiro atoms. The Morgan fingerprint density at radius 1 is 1.03 bits per heavy atom. The number of nitrogens with zero attached hydrogens (tertiary/aromatic N) is 2. The van der Waals surface area contributed by atoms with Gasteiger partial charge < -0.3 is 14.5 Å². The van der Waals surface area contributed by atoms with Gasteiger partial charge in [-0.15, -0.1) is 0 Å². The molecule has 5 nitrogen and oxygen atoms in total. The van der Waals surface area contributed by atoms with Crippen molar-refractivity contribution in [1.29, 1.82) is 0 Å². The van der Waals surface area contributed by atoms with Crippen molar-refractivity contribution < 1.29 is 23.1 Å². The van der Waals surface area contributed by atoms with Gasteiger partial charge in [-0.2, -0.15) is 0 Å². The first kappa shape index (κ1) is 25.6. The maximum Gasteiger partial charge on any atom is 0.257 e. The van der Waals surface area contributed by atoms with E-state index in [0.29, 0.717) is 54.8 Å².